The van der Waals surface area contributed by atoms with E-state index in [9.17, 15) is 14.0 Å². The van der Waals surface area contributed by atoms with Crippen LogP contribution in [0.4, 0.5) is 10.1 Å². The van der Waals surface area contributed by atoms with Crippen LogP contribution in [0.1, 0.15) is 17.4 Å². The molecule has 0 bridgehead atoms. The van der Waals surface area contributed by atoms with E-state index >= 15 is 0 Å². The van der Waals surface area contributed by atoms with Crippen LogP contribution < -0.4 is 5.32 Å². The zero-order valence-electron chi connectivity index (χ0n) is 13.0. The van der Waals surface area contributed by atoms with Crippen LogP contribution in [-0.2, 0) is 9.53 Å². The standard InChI is InChI=1S/C17H13ClFN3O3/c1-9(16(23)20-14-7-6-10(19)8-12(14)18)25-17(24)15-11-4-2-3-5-13(11)21-22-15/h2-9H,1H3,(H,20,23)(H,21,22)/t9-/m0/s1. The fourth-order valence-electron chi connectivity index (χ4n) is 2.21. The van der Waals surface area contributed by atoms with E-state index in [0.29, 0.717) is 10.9 Å². The molecule has 3 rings (SSSR count). The fourth-order valence-corrected chi connectivity index (χ4v) is 2.43. The number of fused-ring (bicyclic) bond motifs is 1. The predicted octanol–water partition coefficient (Wildman–Crippen LogP) is 3.54. The minimum atomic E-state index is -1.09. The lowest BCUT2D eigenvalue weighted by Gasteiger charge is -2.13. The van der Waals surface area contributed by atoms with E-state index in [0.717, 1.165) is 12.1 Å². The van der Waals surface area contributed by atoms with Crippen molar-refractivity contribution in [3.05, 3.63) is 59.0 Å². The number of halogens is 2. The van der Waals surface area contributed by atoms with Crippen LogP contribution in [0.5, 0.6) is 0 Å². The summed E-state index contributed by atoms with van der Waals surface area (Å²) < 4.78 is 18.2. The van der Waals surface area contributed by atoms with Crippen molar-refractivity contribution in [2.75, 3.05) is 5.32 Å². The maximum atomic E-state index is 13.0. The number of nitrogens with one attached hydrogen (secondary N) is 2. The van der Waals surface area contributed by atoms with Crippen molar-refractivity contribution in [3.8, 4) is 0 Å². The number of H-pyrrole nitrogens is 1. The Morgan fingerprint density at radius 1 is 1.28 bits per heavy atom. The fraction of sp³-hybridized carbons (Fsp3) is 0.118. The second kappa shape index (κ2) is 6.90. The third kappa shape index (κ3) is 3.61. The predicted molar refractivity (Wildman–Crippen MR) is 91.0 cm³/mol. The lowest BCUT2D eigenvalue weighted by molar-refractivity contribution is -0.123. The van der Waals surface area contributed by atoms with Crippen molar-refractivity contribution in [1.29, 1.82) is 0 Å². The first-order valence-electron chi connectivity index (χ1n) is 7.35. The van der Waals surface area contributed by atoms with Gasteiger partial charge in [0.05, 0.1) is 16.2 Å². The second-order valence-corrected chi connectivity index (χ2v) is 5.69. The van der Waals surface area contributed by atoms with E-state index in [1.807, 2.05) is 0 Å². The summed E-state index contributed by atoms with van der Waals surface area (Å²) in [6, 6.07) is 10.6. The number of aromatic nitrogens is 2. The molecule has 128 valence electrons. The second-order valence-electron chi connectivity index (χ2n) is 5.28. The van der Waals surface area contributed by atoms with Crippen LogP contribution >= 0.6 is 11.6 Å². The number of rotatable bonds is 4. The van der Waals surface area contributed by atoms with Gasteiger partial charge in [-0.25, -0.2) is 9.18 Å². The molecule has 0 radical (unpaired) electrons. The number of esters is 1. The Bertz CT molecular complexity index is 957. The summed E-state index contributed by atoms with van der Waals surface area (Å²) in [6.45, 7) is 1.42. The zero-order valence-corrected chi connectivity index (χ0v) is 13.8. The molecule has 3 aromatic rings. The van der Waals surface area contributed by atoms with Gasteiger partial charge >= 0.3 is 5.97 Å². The van der Waals surface area contributed by atoms with Crippen LogP contribution in [0.3, 0.4) is 0 Å². The molecule has 0 saturated heterocycles. The molecule has 8 heteroatoms. The maximum absolute atomic E-state index is 13.0. The van der Waals surface area contributed by atoms with Gasteiger partial charge in [0, 0.05) is 5.39 Å². The Kier molecular flexibility index (Phi) is 4.67. The van der Waals surface area contributed by atoms with Crippen LogP contribution in [0.2, 0.25) is 5.02 Å². The van der Waals surface area contributed by atoms with Crippen LogP contribution in [0, 0.1) is 5.82 Å². The first kappa shape index (κ1) is 16.9. The lowest BCUT2D eigenvalue weighted by atomic mass is 10.2. The number of hydrogen-bond acceptors (Lipinski definition) is 4. The molecule has 0 aliphatic heterocycles. The Morgan fingerprint density at radius 2 is 2.04 bits per heavy atom. The number of nitrogens with zero attached hydrogens (tertiary/aromatic N) is 1. The molecule has 0 fully saturated rings. The van der Waals surface area contributed by atoms with E-state index in [2.05, 4.69) is 15.5 Å². The first-order valence-corrected chi connectivity index (χ1v) is 7.73. The van der Waals surface area contributed by atoms with Crippen molar-refractivity contribution in [3.63, 3.8) is 0 Å². The Hall–Kier alpha value is -2.93. The van der Waals surface area contributed by atoms with Gasteiger partial charge in [-0.15, -0.1) is 0 Å². The van der Waals surface area contributed by atoms with E-state index in [1.165, 1.54) is 13.0 Å². The maximum Gasteiger partial charge on any atom is 0.360 e. The SMILES string of the molecule is C[C@H](OC(=O)c1n[nH]c2ccccc12)C(=O)Nc1ccc(F)cc1Cl. The van der Waals surface area contributed by atoms with Gasteiger partial charge < -0.3 is 10.1 Å². The third-order valence-electron chi connectivity index (χ3n) is 3.51. The summed E-state index contributed by atoms with van der Waals surface area (Å²) in [6.07, 6.45) is -1.09. The van der Waals surface area contributed by atoms with Gasteiger partial charge in [0.15, 0.2) is 11.8 Å². The topological polar surface area (TPSA) is 84.1 Å². The van der Waals surface area contributed by atoms with Crippen molar-refractivity contribution in [1.82, 2.24) is 10.2 Å². The molecule has 0 spiro atoms. The van der Waals surface area contributed by atoms with Crippen LogP contribution in [-0.4, -0.2) is 28.2 Å². The smallest absolute Gasteiger partial charge is 0.360 e. The average molecular weight is 362 g/mol. The summed E-state index contributed by atoms with van der Waals surface area (Å²) in [5.41, 5.74) is 1.00. The normalized spacial score (nSPS) is 12.0. The molecule has 1 amide bonds. The minimum absolute atomic E-state index is 0.0465. The highest BCUT2D eigenvalue weighted by Crippen LogP contribution is 2.23. The number of carbonyl (C=O) groups is 2. The number of anilines is 1. The van der Waals surface area contributed by atoms with E-state index in [4.69, 9.17) is 16.3 Å². The molecule has 0 saturated carbocycles. The van der Waals surface area contributed by atoms with Crippen molar-refractivity contribution >= 4 is 40.1 Å². The summed E-state index contributed by atoms with van der Waals surface area (Å²) >= 11 is 5.85. The monoisotopic (exact) mass is 361 g/mol. The molecule has 0 aliphatic carbocycles. The van der Waals surface area contributed by atoms with E-state index < -0.39 is 23.8 Å². The van der Waals surface area contributed by atoms with Gasteiger partial charge in [-0.2, -0.15) is 5.10 Å². The highest BCUT2D eigenvalue weighted by molar-refractivity contribution is 6.33. The molecule has 2 N–H and O–H groups in total. The largest absolute Gasteiger partial charge is 0.448 e. The van der Waals surface area contributed by atoms with Gasteiger partial charge in [0.2, 0.25) is 0 Å². The van der Waals surface area contributed by atoms with Gasteiger partial charge in [-0.1, -0.05) is 29.8 Å². The number of para-hydroxylation sites is 1. The summed E-state index contributed by atoms with van der Waals surface area (Å²) in [5.74, 6) is -1.85. The molecule has 2 aromatic carbocycles. The Balaban J connectivity index is 1.69. The first-order chi connectivity index (χ1) is 12.0. The molecular weight excluding hydrogens is 349 g/mol. The van der Waals surface area contributed by atoms with Crippen molar-refractivity contribution < 1.29 is 18.7 Å². The van der Waals surface area contributed by atoms with Crippen LogP contribution in [0.15, 0.2) is 42.5 Å². The molecule has 1 atom stereocenters. The quantitative estimate of drug-likeness (QED) is 0.696. The van der Waals surface area contributed by atoms with Crippen molar-refractivity contribution in [2.45, 2.75) is 13.0 Å². The summed E-state index contributed by atoms with van der Waals surface area (Å²) in [5, 5.41) is 9.77. The lowest BCUT2D eigenvalue weighted by Crippen LogP contribution is -2.30. The number of carbonyl (C=O) groups excluding carboxylic acids is 2. The minimum Gasteiger partial charge on any atom is -0.448 e. The molecule has 1 heterocycles. The number of hydrogen-bond donors (Lipinski definition) is 2. The van der Waals surface area contributed by atoms with Gasteiger partial charge in [0.1, 0.15) is 5.82 Å². The Labute approximate surface area is 146 Å². The molecule has 1 aromatic heterocycles. The zero-order chi connectivity index (χ0) is 18.0. The van der Waals surface area contributed by atoms with Gasteiger partial charge in [0.25, 0.3) is 5.91 Å². The van der Waals surface area contributed by atoms with E-state index in [1.54, 1.807) is 24.3 Å². The molecular formula is C17H13ClFN3O3. The summed E-state index contributed by atoms with van der Waals surface area (Å²) in [7, 11) is 0. The highest BCUT2D eigenvalue weighted by atomic mass is 35.5. The van der Waals surface area contributed by atoms with E-state index in [-0.39, 0.29) is 16.4 Å². The molecule has 0 unspecified atom stereocenters. The molecule has 25 heavy (non-hydrogen) atoms. The van der Waals surface area contributed by atoms with Gasteiger partial charge in [-0.3, -0.25) is 9.89 Å². The molecule has 0 aliphatic rings. The molecule has 6 nitrogen and oxygen atoms in total. The van der Waals surface area contributed by atoms with Crippen LogP contribution in [0.25, 0.3) is 10.9 Å². The van der Waals surface area contributed by atoms with Crippen molar-refractivity contribution in [2.24, 2.45) is 0 Å². The third-order valence-corrected chi connectivity index (χ3v) is 3.82. The Morgan fingerprint density at radius 3 is 2.80 bits per heavy atom. The number of aromatic amines is 1. The number of benzene rings is 2. The van der Waals surface area contributed by atoms with Gasteiger partial charge in [-0.05, 0) is 31.2 Å². The highest BCUT2D eigenvalue weighted by Gasteiger charge is 2.22. The number of amides is 1. The average Bonchev–Trinajstić information content (AvgIpc) is 3.01. The summed E-state index contributed by atoms with van der Waals surface area (Å²) in [4.78, 5) is 24.4. The number of ether oxygens (including phenoxy) is 1.